The number of hydrogen-bond donors (Lipinski definition) is 1. The van der Waals surface area contributed by atoms with Crippen LogP contribution in [0.5, 0.6) is 0 Å². The summed E-state index contributed by atoms with van der Waals surface area (Å²) in [6.45, 7) is 3.96. The third kappa shape index (κ3) is 2.52. The van der Waals surface area contributed by atoms with Gasteiger partial charge in [0.25, 0.3) is 5.91 Å². The van der Waals surface area contributed by atoms with Crippen molar-refractivity contribution in [3.63, 3.8) is 0 Å². The van der Waals surface area contributed by atoms with E-state index in [1.165, 1.54) is 0 Å². The van der Waals surface area contributed by atoms with Crippen molar-refractivity contribution < 1.29 is 9.32 Å². The van der Waals surface area contributed by atoms with Gasteiger partial charge in [-0.15, -0.1) is 0 Å². The number of hydrogen-bond acceptors (Lipinski definition) is 3. The van der Waals surface area contributed by atoms with Gasteiger partial charge in [-0.2, -0.15) is 0 Å². The molecule has 1 aliphatic carbocycles. The van der Waals surface area contributed by atoms with Gasteiger partial charge in [0.05, 0.1) is 0 Å². The quantitative estimate of drug-likeness (QED) is 0.915. The molecule has 0 atom stereocenters. The molecule has 1 saturated carbocycles. The van der Waals surface area contributed by atoms with Gasteiger partial charge < -0.3 is 9.84 Å². The molecule has 0 spiro atoms. The number of carbonyl (C=O) groups is 1. The molecule has 1 aromatic carbocycles. The lowest BCUT2D eigenvalue weighted by molar-refractivity contribution is 0.101. The summed E-state index contributed by atoms with van der Waals surface area (Å²) in [6.07, 6.45) is 2.26. The number of nitrogens with zero attached hydrogens (tertiary/aromatic N) is 1. The third-order valence-electron chi connectivity index (χ3n) is 3.38. The summed E-state index contributed by atoms with van der Waals surface area (Å²) >= 11 is 0. The van der Waals surface area contributed by atoms with Gasteiger partial charge in [0.15, 0.2) is 5.69 Å². The van der Waals surface area contributed by atoms with Gasteiger partial charge in [-0.1, -0.05) is 17.3 Å². The second-order valence-corrected chi connectivity index (χ2v) is 5.16. The van der Waals surface area contributed by atoms with Gasteiger partial charge in [-0.25, -0.2) is 0 Å². The highest BCUT2D eigenvalue weighted by Gasteiger charge is 2.28. The van der Waals surface area contributed by atoms with Crippen LogP contribution in [0.3, 0.4) is 0 Å². The molecule has 0 bridgehead atoms. The maximum Gasteiger partial charge on any atom is 0.277 e. The first-order chi connectivity index (χ1) is 9.13. The fourth-order valence-electron chi connectivity index (χ4n) is 2.01. The molecule has 4 nitrogen and oxygen atoms in total. The number of benzene rings is 1. The van der Waals surface area contributed by atoms with Crippen LogP contribution in [0, 0.1) is 13.8 Å². The molecule has 1 fully saturated rings. The summed E-state index contributed by atoms with van der Waals surface area (Å²) in [4.78, 5) is 12.1. The number of aryl methyl sites for hydroxylation is 2. The Morgan fingerprint density at radius 2 is 2.11 bits per heavy atom. The number of anilines is 1. The highest BCUT2D eigenvalue weighted by atomic mass is 16.5. The maximum atomic E-state index is 12.1. The van der Waals surface area contributed by atoms with Gasteiger partial charge in [-0.05, 0) is 43.9 Å². The van der Waals surface area contributed by atoms with E-state index >= 15 is 0 Å². The van der Waals surface area contributed by atoms with E-state index in [2.05, 4.69) is 10.5 Å². The fraction of sp³-hybridized carbons (Fsp3) is 0.333. The molecule has 98 valence electrons. The van der Waals surface area contributed by atoms with Crippen molar-refractivity contribution in [3.05, 3.63) is 46.8 Å². The molecule has 4 heteroatoms. The zero-order chi connectivity index (χ0) is 13.4. The van der Waals surface area contributed by atoms with Crippen LogP contribution < -0.4 is 5.32 Å². The van der Waals surface area contributed by atoms with Crippen molar-refractivity contribution >= 4 is 11.6 Å². The SMILES string of the molecule is Cc1ccc(C)c(NC(=O)c2cc(C3CC3)on2)c1. The smallest absolute Gasteiger partial charge is 0.277 e. The van der Waals surface area contributed by atoms with E-state index in [0.29, 0.717) is 11.6 Å². The van der Waals surface area contributed by atoms with E-state index in [4.69, 9.17) is 4.52 Å². The topological polar surface area (TPSA) is 55.1 Å². The predicted molar refractivity (Wildman–Crippen MR) is 72.3 cm³/mol. The molecule has 0 unspecified atom stereocenters. The number of carbonyl (C=O) groups excluding carboxylic acids is 1. The van der Waals surface area contributed by atoms with Crippen molar-refractivity contribution in [1.82, 2.24) is 5.16 Å². The van der Waals surface area contributed by atoms with Crippen molar-refractivity contribution in [2.45, 2.75) is 32.6 Å². The summed E-state index contributed by atoms with van der Waals surface area (Å²) in [6, 6.07) is 7.71. The van der Waals surface area contributed by atoms with Crippen LogP contribution in [0.2, 0.25) is 0 Å². The first-order valence-electron chi connectivity index (χ1n) is 6.48. The zero-order valence-corrected chi connectivity index (χ0v) is 11.1. The molecule has 0 radical (unpaired) electrons. The molecule has 1 N–H and O–H groups in total. The number of aromatic nitrogens is 1. The van der Waals surface area contributed by atoms with E-state index in [1.807, 2.05) is 32.0 Å². The number of rotatable bonds is 3. The van der Waals surface area contributed by atoms with Crippen molar-refractivity contribution in [2.24, 2.45) is 0 Å². The van der Waals surface area contributed by atoms with Crippen LogP contribution in [-0.4, -0.2) is 11.1 Å². The third-order valence-corrected chi connectivity index (χ3v) is 3.38. The normalized spacial score (nSPS) is 14.4. The molecule has 0 aliphatic heterocycles. The Morgan fingerprint density at radius 1 is 1.32 bits per heavy atom. The average molecular weight is 256 g/mol. The van der Waals surface area contributed by atoms with Gasteiger partial charge in [0, 0.05) is 17.7 Å². The summed E-state index contributed by atoms with van der Waals surface area (Å²) < 4.78 is 5.19. The summed E-state index contributed by atoms with van der Waals surface area (Å²) in [5.74, 6) is 1.07. The minimum Gasteiger partial charge on any atom is -0.360 e. The second-order valence-electron chi connectivity index (χ2n) is 5.16. The summed E-state index contributed by atoms with van der Waals surface area (Å²) in [7, 11) is 0. The molecule has 1 heterocycles. The first-order valence-corrected chi connectivity index (χ1v) is 6.48. The molecule has 1 aromatic heterocycles. The highest BCUT2D eigenvalue weighted by Crippen LogP contribution is 2.40. The van der Waals surface area contributed by atoms with E-state index in [0.717, 1.165) is 35.4 Å². The zero-order valence-electron chi connectivity index (χ0n) is 11.1. The van der Waals surface area contributed by atoms with Gasteiger partial charge >= 0.3 is 0 Å². The Labute approximate surface area is 111 Å². The second kappa shape index (κ2) is 4.53. The van der Waals surface area contributed by atoms with Gasteiger partial charge in [0.2, 0.25) is 0 Å². The molecule has 1 amide bonds. The minimum absolute atomic E-state index is 0.218. The average Bonchev–Trinajstić information content (AvgIpc) is 3.11. The molecule has 0 saturated heterocycles. The van der Waals surface area contributed by atoms with Crippen LogP contribution in [0.15, 0.2) is 28.8 Å². The van der Waals surface area contributed by atoms with Gasteiger partial charge in [-0.3, -0.25) is 4.79 Å². The van der Waals surface area contributed by atoms with E-state index in [1.54, 1.807) is 6.07 Å². The Balaban J connectivity index is 1.77. The van der Waals surface area contributed by atoms with Crippen molar-refractivity contribution in [3.8, 4) is 0 Å². The van der Waals surface area contributed by atoms with Crippen LogP contribution in [0.25, 0.3) is 0 Å². The maximum absolute atomic E-state index is 12.1. The molecule has 1 aliphatic rings. The Bertz CT molecular complexity index is 627. The predicted octanol–water partition coefficient (Wildman–Crippen LogP) is 3.42. The summed E-state index contributed by atoms with van der Waals surface area (Å²) in [5.41, 5.74) is 3.31. The lowest BCUT2D eigenvalue weighted by atomic mass is 10.1. The first kappa shape index (κ1) is 12.0. The van der Waals surface area contributed by atoms with Crippen LogP contribution in [0.1, 0.15) is 46.1 Å². The monoisotopic (exact) mass is 256 g/mol. The minimum atomic E-state index is -0.218. The fourth-order valence-corrected chi connectivity index (χ4v) is 2.01. The standard InChI is InChI=1S/C15H16N2O2/c1-9-3-4-10(2)12(7-9)16-15(18)13-8-14(19-17-13)11-5-6-11/h3-4,7-8,11H,5-6H2,1-2H3,(H,16,18). The largest absolute Gasteiger partial charge is 0.360 e. The van der Waals surface area contributed by atoms with Crippen LogP contribution >= 0.6 is 0 Å². The van der Waals surface area contributed by atoms with Crippen molar-refractivity contribution in [1.29, 1.82) is 0 Å². The lowest BCUT2D eigenvalue weighted by Crippen LogP contribution is -2.13. The molecular formula is C15H16N2O2. The molecule has 19 heavy (non-hydrogen) atoms. The lowest BCUT2D eigenvalue weighted by Gasteiger charge is -2.07. The number of nitrogens with one attached hydrogen (secondary N) is 1. The van der Waals surface area contributed by atoms with Crippen molar-refractivity contribution in [2.75, 3.05) is 5.32 Å². The van der Waals surface area contributed by atoms with E-state index < -0.39 is 0 Å². The Kier molecular flexibility index (Phi) is 2.85. The van der Waals surface area contributed by atoms with Gasteiger partial charge in [0.1, 0.15) is 5.76 Å². The molecule has 2 aromatic rings. The molecule has 3 rings (SSSR count). The number of amides is 1. The Hall–Kier alpha value is -2.10. The van der Waals surface area contributed by atoms with E-state index in [-0.39, 0.29) is 5.91 Å². The highest BCUT2D eigenvalue weighted by molar-refractivity contribution is 6.03. The summed E-state index contributed by atoms with van der Waals surface area (Å²) in [5, 5.41) is 6.72. The Morgan fingerprint density at radius 3 is 2.84 bits per heavy atom. The van der Waals surface area contributed by atoms with Crippen LogP contribution in [0.4, 0.5) is 5.69 Å². The molecular weight excluding hydrogens is 240 g/mol. The van der Waals surface area contributed by atoms with E-state index in [9.17, 15) is 4.79 Å². The van der Waals surface area contributed by atoms with Crippen LogP contribution in [-0.2, 0) is 0 Å².